The lowest BCUT2D eigenvalue weighted by molar-refractivity contribution is 0.463. The van der Waals surface area contributed by atoms with Gasteiger partial charge in [0.2, 0.25) is 5.88 Å². The molecule has 0 radical (unpaired) electrons. The molecule has 2 aromatic carbocycles. The summed E-state index contributed by atoms with van der Waals surface area (Å²) < 4.78 is 12.6. The zero-order valence-corrected chi connectivity index (χ0v) is 12.5. The molecule has 0 saturated heterocycles. The Morgan fingerprint density at radius 2 is 1.71 bits per heavy atom. The van der Waals surface area contributed by atoms with Gasteiger partial charge in [0.1, 0.15) is 16.9 Å². The van der Waals surface area contributed by atoms with E-state index in [0.29, 0.717) is 5.88 Å². The Hall–Kier alpha value is -2.33. The molecule has 0 bridgehead atoms. The van der Waals surface area contributed by atoms with Crippen LogP contribution in [0.25, 0.3) is 21.9 Å². The number of furan rings is 1. The monoisotopic (exact) mass is 339 g/mol. The Morgan fingerprint density at radius 3 is 2.52 bits per heavy atom. The highest BCUT2D eigenvalue weighted by atomic mass is 79.9. The molecule has 3 nitrogen and oxygen atoms in total. The molecule has 0 unspecified atom stereocenters. The summed E-state index contributed by atoms with van der Waals surface area (Å²) in [4.78, 5) is 4.17. The van der Waals surface area contributed by atoms with Crippen molar-refractivity contribution in [1.29, 1.82) is 0 Å². The van der Waals surface area contributed by atoms with Crippen LogP contribution < -0.4 is 4.74 Å². The molecule has 4 rings (SSSR count). The predicted octanol–water partition coefficient (Wildman–Crippen LogP) is 5.54. The average molecular weight is 340 g/mol. The van der Waals surface area contributed by atoms with Gasteiger partial charge in [-0.15, -0.1) is 0 Å². The summed E-state index contributed by atoms with van der Waals surface area (Å²) in [6.45, 7) is 0. The Balaban J connectivity index is 1.85. The average Bonchev–Trinajstić information content (AvgIpc) is 2.86. The van der Waals surface area contributed by atoms with Gasteiger partial charge in [0.25, 0.3) is 0 Å². The van der Waals surface area contributed by atoms with E-state index in [0.717, 1.165) is 32.2 Å². The largest absolute Gasteiger partial charge is 0.456 e. The van der Waals surface area contributed by atoms with E-state index in [2.05, 4.69) is 20.9 Å². The highest BCUT2D eigenvalue weighted by molar-refractivity contribution is 9.10. The van der Waals surface area contributed by atoms with Crippen LogP contribution in [0.1, 0.15) is 0 Å². The second-order valence-corrected chi connectivity index (χ2v) is 5.59. The molecule has 0 N–H and O–H groups in total. The maximum atomic E-state index is 5.82. The number of halogens is 1. The number of aromatic nitrogens is 1. The number of pyridine rings is 1. The number of benzene rings is 2. The van der Waals surface area contributed by atoms with Crippen molar-refractivity contribution in [1.82, 2.24) is 4.98 Å². The molecule has 0 amide bonds. The molecule has 0 atom stereocenters. The lowest BCUT2D eigenvalue weighted by Gasteiger charge is -2.03. The van der Waals surface area contributed by atoms with Gasteiger partial charge >= 0.3 is 0 Å². The Morgan fingerprint density at radius 1 is 0.905 bits per heavy atom. The fourth-order valence-electron chi connectivity index (χ4n) is 2.32. The topological polar surface area (TPSA) is 35.3 Å². The van der Waals surface area contributed by atoms with Crippen molar-refractivity contribution in [3.8, 4) is 11.6 Å². The number of rotatable bonds is 2. The van der Waals surface area contributed by atoms with E-state index >= 15 is 0 Å². The fourth-order valence-corrected chi connectivity index (χ4v) is 2.68. The zero-order valence-electron chi connectivity index (χ0n) is 10.9. The van der Waals surface area contributed by atoms with E-state index in [-0.39, 0.29) is 0 Å². The van der Waals surface area contributed by atoms with E-state index in [9.17, 15) is 0 Å². The summed E-state index contributed by atoms with van der Waals surface area (Å²) in [5.74, 6) is 1.31. The third-order valence-electron chi connectivity index (χ3n) is 3.26. The standard InChI is InChI=1S/C17H10BrNO2/c18-11-4-6-15-13(9-11)14-10-12(5-7-16(14)21-15)20-17-3-1-2-8-19-17/h1-10H. The fraction of sp³-hybridized carbons (Fsp3) is 0. The molecule has 4 aromatic rings. The van der Waals surface area contributed by atoms with Crippen molar-refractivity contribution in [2.24, 2.45) is 0 Å². The van der Waals surface area contributed by atoms with Crippen LogP contribution in [0.4, 0.5) is 0 Å². The van der Waals surface area contributed by atoms with Gasteiger partial charge in [-0.1, -0.05) is 22.0 Å². The molecule has 0 saturated carbocycles. The summed E-state index contributed by atoms with van der Waals surface area (Å²) in [6.07, 6.45) is 1.71. The number of ether oxygens (including phenoxy) is 1. The molecule has 21 heavy (non-hydrogen) atoms. The maximum absolute atomic E-state index is 5.82. The van der Waals surface area contributed by atoms with Crippen molar-refractivity contribution < 1.29 is 9.15 Å². The summed E-state index contributed by atoms with van der Waals surface area (Å²) in [6, 6.07) is 17.3. The van der Waals surface area contributed by atoms with Gasteiger partial charge in [-0.25, -0.2) is 4.98 Å². The molecule has 0 aliphatic carbocycles. The number of nitrogens with zero attached hydrogens (tertiary/aromatic N) is 1. The highest BCUT2D eigenvalue weighted by Crippen LogP contribution is 2.33. The molecule has 4 heteroatoms. The van der Waals surface area contributed by atoms with Crippen LogP contribution in [0.3, 0.4) is 0 Å². The molecule has 2 heterocycles. The van der Waals surface area contributed by atoms with Crippen molar-refractivity contribution in [2.45, 2.75) is 0 Å². The molecular weight excluding hydrogens is 330 g/mol. The Labute approximate surface area is 129 Å². The van der Waals surface area contributed by atoms with Crippen LogP contribution in [-0.2, 0) is 0 Å². The van der Waals surface area contributed by atoms with Crippen LogP contribution in [0, 0.1) is 0 Å². The lowest BCUT2D eigenvalue weighted by atomic mass is 10.1. The second kappa shape index (κ2) is 4.90. The number of fused-ring (bicyclic) bond motifs is 3. The van der Waals surface area contributed by atoms with E-state index < -0.39 is 0 Å². The first-order valence-corrected chi connectivity index (χ1v) is 7.30. The van der Waals surface area contributed by atoms with Crippen LogP contribution in [-0.4, -0.2) is 4.98 Å². The number of hydrogen-bond acceptors (Lipinski definition) is 3. The number of hydrogen-bond donors (Lipinski definition) is 0. The minimum Gasteiger partial charge on any atom is -0.456 e. The summed E-state index contributed by atoms with van der Waals surface area (Å²) in [5, 5.41) is 2.09. The Bertz CT molecular complexity index is 931. The van der Waals surface area contributed by atoms with Gasteiger partial charge < -0.3 is 9.15 Å². The van der Waals surface area contributed by atoms with Gasteiger partial charge in [-0.05, 0) is 42.5 Å². The van der Waals surface area contributed by atoms with Gasteiger partial charge in [0.05, 0.1) is 0 Å². The van der Waals surface area contributed by atoms with Crippen LogP contribution >= 0.6 is 15.9 Å². The predicted molar refractivity (Wildman–Crippen MR) is 85.7 cm³/mol. The molecule has 0 aliphatic heterocycles. The van der Waals surface area contributed by atoms with Crippen LogP contribution in [0.2, 0.25) is 0 Å². The SMILES string of the molecule is Brc1ccc2oc3ccc(Oc4ccccn4)cc3c2c1. The normalized spacial score (nSPS) is 11.1. The minimum absolute atomic E-state index is 0.575. The van der Waals surface area contributed by atoms with Crippen molar-refractivity contribution in [2.75, 3.05) is 0 Å². The third kappa shape index (κ3) is 2.28. The van der Waals surface area contributed by atoms with Gasteiger partial charge in [0.15, 0.2) is 0 Å². The second-order valence-electron chi connectivity index (χ2n) is 4.67. The molecular formula is C17H10BrNO2. The minimum atomic E-state index is 0.575. The van der Waals surface area contributed by atoms with Crippen molar-refractivity contribution in [3.63, 3.8) is 0 Å². The molecule has 102 valence electrons. The van der Waals surface area contributed by atoms with Gasteiger partial charge in [-0.3, -0.25) is 0 Å². The third-order valence-corrected chi connectivity index (χ3v) is 3.76. The van der Waals surface area contributed by atoms with Crippen LogP contribution in [0.5, 0.6) is 11.6 Å². The van der Waals surface area contributed by atoms with Gasteiger partial charge in [0, 0.05) is 27.5 Å². The van der Waals surface area contributed by atoms with E-state index in [1.807, 2.05) is 54.6 Å². The quantitative estimate of drug-likeness (QED) is 0.481. The molecule has 0 fully saturated rings. The molecule has 0 spiro atoms. The molecule has 2 aromatic heterocycles. The first-order chi connectivity index (χ1) is 10.3. The summed E-state index contributed by atoms with van der Waals surface area (Å²) in [5.41, 5.74) is 1.71. The maximum Gasteiger partial charge on any atom is 0.219 e. The van der Waals surface area contributed by atoms with E-state index in [4.69, 9.17) is 9.15 Å². The van der Waals surface area contributed by atoms with E-state index in [1.54, 1.807) is 6.20 Å². The van der Waals surface area contributed by atoms with Crippen molar-refractivity contribution in [3.05, 3.63) is 65.3 Å². The summed E-state index contributed by atoms with van der Waals surface area (Å²) in [7, 11) is 0. The first kappa shape index (κ1) is 12.4. The van der Waals surface area contributed by atoms with Gasteiger partial charge in [-0.2, -0.15) is 0 Å². The lowest BCUT2D eigenvalue weighted by Crippen LogP contribution is -1.86. The first-order valence-electron chi connectivity index (χ1n) is 6.50. The highest BCUT2D eigenvalue weighted by Gasteiger charge is 2.09. The zero-order chi connectivity index (χ0) is 14.2. The summed E-state index contributed by atoms with van der Waals surface area (Å²) >= 11 is 3.49. The van der Waals surface area contributed by atoms with Crippen LogP contribution in [0.15, 0.2) is 69.7 Å². The molecule has 0 aliphatic rings. The van der Waals surface area contributed by atoms with E-state index in [1.165, 1.54) is 0 Å². The van der Waals surface area contributed by atoms with Crippen molar-refractivity contribution >= 4 is 37.9 Å². The smallest absolute Gasteiger partial charge is 0.219 e. The Kier molecular flexibility index (Phi) is 2.89.